The molecule has 1 atom stereocenters. The number of hydrogen-bond acceptors (Lipinski definition) is 3. The van der Waals surface area contributed by atoms with Gasteiger partial charge in [0.2, 0.25) is 0 Å². The van der Waals surface area contributed by atoms with Crippen LogP contribution in [-0.4, -0.2) is 19.5 Å². The fourth-order valence-electron chi connectivity index (χ4n) is 0.726. The molecule has 0 amide bonds. The van der Waals surface area contributed by atoms with E-state index >= 15 is 0 Å². The summed E-state index contributed by atoms with van der Waals surface area (Å²) in [7, 11) is 0. The van der Waals surface area contributed by atoms with Crippen LogP contribution in [0.25, 0.3) is 0 Å². The van der Waals surface area contributed by atoms with Gasteiger partial charge in [-0.25, -0.2) is 0 Å². The SMILES string of the molecule is CC(C#N)C1OCCO1. The van der Waals surface area contributed by atoms with Crippen LogP contribution in [0.1, 0.15) is 6.92 Å². The average molecular weight is 127 g/mol. The molecule has 50 valence electrons. The Labute approximate surface area is 54.2 Å². The van der Waals surface area contributed by atoms with E-state index in [9.17, 15) is 0 Å². The van der Waals surface area contributed by atoms with Crippen molar-refractivity contribution >= 4 is 0 Å². The zero-order valence-corrected chi connectivity index (χ0v) is 5.33. The normalized spacial score (nSPS) is 23.6. The molecule has 0 N–H and O–H groups in total. The van der Waals surface area contributed by atoms with Crippen molar-refractivity contribution in [3.05, 3.63) is 0 Å². The van der Waals surface area contributed by atoms with E-state index in [4.69, 9.17) is 14.7 Å². The summed E-state index contributed by atoms with van der Waals surface area (Å²) in [5.74, 6) is -0.146. The Balaban J connectivity index is 2.34. The van der Waals surface area contributed by atoms with Gasteiger partial charge in [0, 0.05) is 0 Å². The Kier molecular flexibility index (Phi) is 2.04. The van der Waals surface area contributed by atoms with Crippen molar-refractivity contribution in [2.24, 2.45) is 5.92 Å². The van der Waals surface area contributed by atoms with Crippen molar-refractivity contribution in [2.45, 2.75) is 13.2 Å². The zero-order chi connectivity index (χ0) is 6.69. The minimum absolute atomic E-state index is 0.146. The summed E-state index contributed by atoms with van der Waals surface area (Å²) >= 11 is 0. The van der Waals surface area contributed by atoms with E-state index in [1.165, 1.54) is 0 Å². The first-order valence-electron chi connectivity index (χ1n) is 2.97. The third-order valence-electron chi connectivity index (χ3n) is 1.26. The van der Waals surface area contributed by atoms with Crippen LogP contribution in [0.5, 0.6) is 0 Å². The van der Waals surface area contributed by atoms with Crippen LogP contribution >= 0.6 is 0 Å². The summed E-state index contributed by atoms with van der Waals surface area (Å²) in [6.07, 6.45) is -0.282. The Morgan fingerprint density at radius 1 is 1.56 bits per heavy atom. The molecule has 1 aliphatic rings. The maximum Gasteiger partial charge on any atom is 0.173 e. The lowest BCUT2D eigenvalue weighted by molar-refractivity contribution is -0.0637. The van der Waals surface area contributed by atoms with Gasteiger partial charge < -0.3 is 9.47 Å². The monoisotopic (exact) mass is 127 g/mol. The van der Waals surface area contributed by atoms with E-state index in [-0.39, 0.29) is 12.2 Å². The smallest absolute Gasteiger partial charge is 0.173 e. The molecule has 3 nitrogen and oxygen atoms in total. The topological polar surface area (TPSA) is 42.2 Å². The van der Waals surface area contributed by atoms with Crippen LogP contribution in [0.15, 0.2) is 0 Å². The third kappa shape index (κ3) is 1.41. The zero-order valence-electron chi connectivity index (χ0n) is 5.33. The molecule has 1 fully saturated rings. The lowest BCUT2D eigenvalue weighted by Crippen LogP contribution is -2.16. The first-order valence-corrected chi connectivity index (χ1v) is 2.97. The summed E-state index contributed by atoms with van der Waals surface area (Å²) in [6.45, 7) is 3.03. The van der Waals surface area contributed by atoms with E-state index in [2.05, 4.69) is 6.07 Å². The van der Waals surface area contributed by atoms with Gasteiger partial charge in [0.15, 0.2) is 6.29 Å². The molecule has 3 heteroatoms. The number of rotatable bonds is 1. The lowest BCUT2D eigenvalue weighted by atomic mass is 10.2. The van der Waals surface area contributed by atoms with Crippen LogP contribution < -0.4 is 0 Å². The number of ether oxygens (including phenoxy) is 2. The molecule has 0 aromatic heterocycles. The predicted octanol–water partition coefficient (Wildman–Crippen LogP) is 0.519. The number of hydrogen-bond donors (Lipinski definition) is 0. The third-order valence-corrected chi connectivity index (χ3v) is 1.26. The van der Waals surface area contributed by atoms with Crippen molar-refractivity contribution in [2.75, 3.05) is 13.2 Å². The molecule has 1 saturated heterocycles. The summed E-state index contributed by atoms with van der Waals surface area (Å²) in [5.41, 5.74) is 0. The Hall–Kier alpha value is -0.590. The van der Waals surface area contributed by atoms with Crippen LogP contribution in [0.3, 0.4) is 0 Å². The molecular formula is C6H9NO2. The number of nitrogens with zero attached hydrogens (tertiary/aromatic N) is 1. The van der Waals surface area contributed by atoms with Crippen LogP contribution in [0.4, 0.5) is 0 Å². The second-order valence-electron chi connectivity index (χ2n) is 2.03. The van der Waals surface area contributed by atoms with Crippen LogP contribution in [-0.2, 0) is 9.47 Å². The minimum Gasteiger partial charge on any atom is -0.349 e. The van der Waals surface area contributed by atoms with Crippen molar-refractivity contribution in [1.29, 1.82) is 5.26 Å². The molecule has 1 heterocycles. The second kappa shape index (κ2) is 2.81. The predicted molar refractivity (Wildman–Crippen MR) is 30.5 cm³/mol. The number of nitriles is 1. The van der Waals surface area contributed by atoms with Crippen molar-refractivity contribution in [1.82, 2.24) is 0 Å². The van der Waals surface area contributed by atoms with Gasteiger partial charge in [-0.1, -0.05) is 0 Å². The first kappa shape index (κ1) is 6.53. The lowest BCUT2D eigenvalue weighted by Gasteiger charge is -2.08. The van der Waals surface area contributed by atoms with Crippen molar-refractivity contribution in [3.8, 4) is 6.07 Å². The summed E-state index contributed by atoms with van der Waals surface area (Å²) in [4.78, 5) is 0. The molecule has 0 aromatic carbocycles. The molecule has 0 bridgehead atoms. The quantitative estimate of drug-likeness (QED) is 0.515. The highest BCUT2D eigenvalue weighted by Crippen LogP contribution is 2.12. The molecule has 0 radical (unpaired) electrons. The fourth-order valence-corrected chi connectivity index (χ4v) is 0.726. The maximum atomic E-state index is 8.39. The van der Waals surface area contributed by atoms with Gasteiger partial charge in [-0.2, -0.15) is 5.26 Å². The molecular weight excluding hydrogens is 118 g/mol. The highest BCUT2D eigenvalue weighted by atomic mass is 16.7. The van der Waals surface area contributed by atoms with E-state index in [1.54, 1.807) is 6.92 Å². The fraction of sp³-hybridized carbons (Fsp3) is 0.833. The summed E-state index contributed by atoms with van der Waals surface area (Å²) in [5, 5.41) is 8.39. The summed E-state index contributed by atoms with van der Waals surface area (Å²) in [6, 6.07) is 2.06. The van der Waals surface area contributed by atoms with E-state index in [0.29, 0.717) is 13.2 Å². The van der Waals surface area contributed by atoms with E-state index < -0.39 is 0 Å². The van der Waals surface area contributed by atoms with Crippen molar-refractivity contribution in [3.63, 3.8) is 0 Å². The summed E-state index contributed by atoms with van der Waals surface area (Å²) < 4.78 is 10.1. The largest absolute Gasteiger partial charge is 0.349 e. The molecule has 1 unspecified atom stereocenters. The molecule has 0 aromatic rings. The Morgan fingerprint density at radius 3 is 2.56 bits per heavy atom. The molecule has 0 saturated carbocycles. The van der Waals surface area contributed by atoms with Crippen LogP contribution in [0, 0.1) is 17.2 Å². The average Bonchev–Trinajstić information content (AvgIpc) is 2.37. The second-order valence-corrected chi connectivity index (χ2v) is 2.03. The van der Waals surface area contributed by atoms with Gasteiger partial charge in [-0.05, 0) is 6.92 Å². The van der Waals surface area contributed by atoms with Gasteiger partial charge in [0.1, 0.15) is 0 Å². The van der Waals surface area contributed by atoms with E-state index in [0.717, 1.165) is 0 Å². The van der Waals surface area contributed by atoms with Gasteiger partial charge >= 0.3 is 0 Å². The maximum absolute atomic E-state index is 8.39. The Morgan fingerprint density at radius 2 is 2.11 bits per heavy atom. The van der Waals surface area contributed by atoms with E-state index in [1.807, 2.05) is 0 Å². The highest BCUT2D eigenvalue weighted by Gasteiger charge is 2.22. The first-order chi connectivity index (χ1) is 4.34. The van der Waals surface area contributed by atoms with Gasteiger partial charge in [-0.3, -0.25) is 0 Å². The minimum atomic E-state index is -0.282. The molecule has 1 rings (SSSR count). The molecule has 0 aliphatic carbocycles. The van der Waals surface area contributed by atoms with Crippen LogP contribution in [0.2, 0.25) is 0 Å². The molecule has 1 aliphatic heterocycles. The highest BCUT2D eigenvalue weighted by molar-refractivity contribution is 4.82. The Bertz CT molecular complexity index is 124. The molecule has 0 spiro atoms. The van der Waals surface area contributed by atoms with Gasteiger partial charge in [0.05, 0.1) is 25.2 Å². The standard InChI is InChI=1S/C6H9NO2/c1-5(4-7)6-8-2-3-9-6/h5-6H,2-3H2,1H3. The van der Waals surface area contributed by atoms with Crippen molar-refractivity contribution < 1.29 is 9.47 Å². The van der Waals surface area contributed by atoms with Gasteiger partial charge in [0.25, 0.3) is 0 Å². The van der Waals surface area contributed by atoms with Gasteiger partial charge in [-0.15, -0.1) is 0 Å². The molecule has 9 heavy (non-hydrogen) atoms.